The van der Waals surface area contributed by atoms with Crippen LogP contribution >= 0.6 is 24.0 Å². The second-order valence-electron chi connectivity index (χ2n) is 5.35. The molecule has 1 aliphatic heterocycles. The summed E-state index contributed by atoms with van der Waals surface area (Å²) in [6.45, 7) is 2.77. The molecule has 0 radical (unpaired) electrons. The normalized spacial score (nSPS) is 15.6. The van der Waals surface area contributed by atoms with E-state index in [1.807, 2.05) is 54.6 Å². The van der Waals surface area contributed by atoms with Gasteiger partial charge in [0.15, 0.2) is 0 Å². The number of aliphatic imine (C=N–C) groups is 2. The van der Waals surface area contributed by atoms with Gasteiger partial charge < -0.3 is 15.4 Å². The summed E-state index contributed by atoms with van der Waals surface area (Å²) in [4.78, 5) is 11.3. The van der Waals surface area contributed by atoms with E-state index in [1.165, 1.54) is 0 Å². The lowest BCUT2D eigenvalue weighted by atomic mass is 10.2. The molecule has 1 heterocycles. The number of rotatable bonds is 2. The maximum absolute atomic E-state index is 6.17. The predicted octanol–water partition coefficient (Wildman–Crippen LogP) is 3.49. The number of halogens is 2. The fourth-order valence-electron chi connectivity index (χ4n) is 2.34. The molecule has 0 spiro atoms. The Morgan fingerprint density at radius 1 is 1.00 bits per heavy atom. The minimum absolute atomic E-state index is 0. The van der Waals surface area contributed by atoms with Crippen LogP contribution in [-0.2, 0) is 4.74 Å². The highest BCUT2D eigenvalue weighted by Crippen LogP contribution is 2.18. The zero-order chi connectivity index (χ0) is 16.8. The van der Waals surface area contributed by atoms with Gasteiger partial charge in [-0.25, -0.2) is 4.99 Å². The fraction of sp³-hybridized carbons (Fsp3) is 0.222. The molecule has 2 aromatic rings. The molecule has 1 aliphatic rings. The summed E-state index contributed by atoms with van der Waals surface area (Å²) in [5.41, 5.74) is 7.82. The lowest BCUT2D eigenvalue weighted by Gasteiger charge is -2.27. The molecule has 0 atom stereocenters. The van der Waals surface area contributed by atoms with Gasteiger partial charge in [-0.05, 0) is 24.3 Å². The van der Waals surface area contributed by atoms with Gasteiger partial charge in [-0.1, -0.05) is 41.9 Å². The minimum atomic E-state index is 0. The van der Waals surface area contributed by atoms with Gasteiger partial charge in [-0.3, -0.25) is 0 Å². The van der Waals surface area contributed by atoms with Crippen LogP contribution in [0.2, 0.25) is 5.02 Å². The first-order chi connectivity index (χ1) is 11.7. The zero-order valence-electron chi connectivity index (χ0n) is 13.6. The maximum atomic E-state index is 6.17. The van der Waals surface area contributed by atoms with Crippen LogP contribution in [0.4, 0.5) is 5.69 Å². The summed E-state index contributed by atoms with van der Waals surface area (Å²) >= 11 is 5.94. The molecule has 2 aromatic carbocycles. The molecule has 7 heteroatoms. The molecule has 2 N–H and O–H groups in total. The van der Waals surface area contributed by atoms with Gasteiger partial charge in [0.05, 0.1) is 18.9 Å². The summed E-state index contributed by atoms with van der Waals surface area (Å²) in [6.07, 6.45) is 0. The van der Waals surface area contributed by atoms with Gasteiger partial charge in [0.2, 0.25) is 5.96 Å². The maximum Gasteiger partial charge on any atom is 0.228 e. The van der Waals surface area contributed by atoms with Crippen molar-refractivity contribution in [2.45, 2.75) is 0 Å². The van der Waals surface area contributed by atoms with Gasteiger partial charge in [0.25, 0.3) is 0 Å². The average Bonchev–Trinajstić information content (AvgIpc) is 2.64. The van der Waals surface area contributed by atoms with Gasteiger partial charge in [-0.15, -0.1) is 12.4 Å². The molecule has 25 heavy (non-hydrogen) atoms. The van der Waals surface area contributed by atoms with Gasteiger partial charge in [0.1, 0.15) is 5.84 Å². The molecule has 5 nitrogen and oxygen atoms in total. The first kappa shape index (κ1) is 19.2. The smallest absolute Gasteiger partial charge is 0.228 e. The SMILES string of the molecule is Cl.NC(=NC(=Nc1ccc(Cl)cc1)N1CCOCC1)c1ccccc1. The van der Waals surface area contributed by atoms with Crippen molar-refractivity contribution in [3.05, 3.63) is 65.2 Å². The van der Waals surface area contributed by atoms with Crippen LogP contribution in [0, 0.1) is 0 Å². The number of nitrogens with two attached hydrogens (primary N) is 1. The number of hydrogen-bond acceptors (Lipinski definition) is 2. The van der Waals surface area contributed by atoms with E-state index < -0.39 is 0 Å². The Labute approximate surface area is 158 Å². The highest BCUT2D eigenvalue weighted by molar-refractivity contribution is 6.30. The molecule has 0 bridgehead atoms. The lowest BCUT2D eigenvalue weighted by molar-refractivity contribution is 0.0676. The van der Waals surface area contributed by atoms with Crippen molar-refractivity contribution in [2.24, 2.45) is 15.7 Å². The van der Waals surface area contributed by atoms with Crippen molar-refractivity contribution in [1.82, 2.24) is 4.90 Å². The zero-order valence-corrected chi connectivity index (χ0v) is 15.2. The third-order valence-electron chi connectivity index (χ3n) is 3.64. The predicted molar refractivity (Wildman–Crippen MR) is 105 cm³/mol. The molecule has 1 fully saturated rings. The first-order valence-electron chi connectivity index (χ1n) is 7.79. The number of benzene rings is 2. The lowest BCUT2D eigenvalue weighted by Crippen LogP contribution is -2.40. The Morgan fingerprint density at radius 3 is 2.28 bits per heavy atom. The van der Waals surface area contributed by atoms with E-state index >= 15 is 0 Å². The summed E-state index contributed by atoms with van der Waals surface area (Å²) in [7, 11) is 0. The van der Waals surface area contributed by atoms with Crippen LogP contribution in [0.5, 0.6) is 0 Å². The second-order valence-corrected chi connectivity index (χ2v) is 5.79. The fourth-order valence-corrected chi connectivity index (χ4v) is 2.47. The van der Waals surface area contributed by atoms with Crippen LogP contribution in [-0.4, -0.2) is 43.0 Å². The quantitative estimate of drug-likeness (QED) is 0.642. The van der Waals surface area contributed by atoms with Crippen LogP contribution in [0.3, 0.4) is 0 Å². The van der Waals surface area contributed by atoms with Crippen molar-refractivity contribution >= 4 is 41.5 Å². The Balaban J connectivity index is 0.00000225. The van der Waals surface area contributed by atoms with Gasteiger partial charge in [0, 0.05) is 23.7 Å². The summed E-state index contributed by atoms with van der Waals surface area (Å²) < 4.78 is 5.41. The van der Waals surface area contributed by atoms with E-state index in [2.05, 4.69) is 14.9 Å². The Hall–Kier alpha value is -2.08. The first-order valence-corrected chi connectivity index (χ1v) is 8.17. The average molecular weight is 379 g/mol. The van der Waals surface area contributed by atoms with Crippen LogP contribution in [0.15, 0.2) is 64.6 Å². The molecule has 0 amide bonds. The molecule has 0 aromatic heterocycles. The number of guanidine groups is 1. The summed E-state index contributed by atoms with van der Waals surface area (Å²) in [5.74, 6) is 1.02. The molecule has 0 saturated carbocycles. The van der Waals surface area contributed by atoms with Crippen molar-refractivity contribution < 1.29 is 4.74 Å². The standard InChI is InChI=1S/C18H19ClN4O.ClH/c19-15-6-8-16(9-7-15)21-18(23-10-12-24-13-11-23)22-17(20)14-4-2-1-3-5-14;/h1-9H,10-13H2,(H2,20,21,22);1H. The van der Waals surface area contributed by atoms with E-state index in [-0.39, 0.29) is 12.4 Å². The number of amidine groups is 1. The Morgan fingerprint density at radius 2 is 1.64 bits per heavy atom. The van der Waals surface area contributed by atoms with Gasteiger partial charge >= 0.3 is 0 Å². The minimum Gasteiger partial charge on any atom is -0.383 e. The Kier molecular flexibility index (Phi) is 7.25. The molecule has 0 aliphatic carbocycles. The highest BCUT2D eigenvalue weighted by atomic mass is 35.5. The van der Waals surface area contributed by atoms with Crippen LogP contribution in [0.1, 0.15) is 5.56 Å². The Bertz CT molecular complexity index is 727. The van der Waals surface area contributed by atoms with E-state index in [4.69, 9.17) is 22.1 Å². The molecular formula is C18H20Cl2N4O. The van der Waals surface area contributed by atoms with Crippen molar-refractivity contribution in [3.8, 4) is 0 Å². The summed E-state index contributed by atoms with van der Waals surface area (Å²) in [5, 5.41) is 0.675. The molecular weight excluding hydrogens is 359 g/mol. The van der Waals surface area contributed by atoms with Gasteiger partial charge in [-0.2, -0.15) is 4.99 Å². The van der Waals surface area contributed by atoms with E-state index in [0.717, 1.165) is 24.3 Å². The van der Waals surface area contributed by atoms with E-state index in [9.17, 15) is 0 Å². The van der Waals surface area contributed by atoms with Crippen molar-refractivity contribution in [1.29, 1.82) is 0 Å². The number of hydrogen-bond donors (Lipinski definition) is 1. The molecule has 0 unspecified atom stereocenters. The topological polar surface area (TPSA) is 63.2 Å². The van der Waals surface area contributed by atoms with E-state index in [0.29, 0.717) is 30.0 Å². The number of ether oxygens (including phenoxy) is 1. The second kappa shape index (κ2) is 9.42. The molecule has 132 valence electrons. The molecule has 3 rings (SSSR count). The highest BCUT2D eigenvalue weighted by Gasteiger charge is 2.15. The number of morpholine rings is 1. The third kappa shape index (κ3) is 5.46. The van der Waals surface area contributed by atoms with Crippen molar-refractivity contribution in [2.75, 3.05) is 26.3 Å². The van der Waals surface area contributed by atoms with Crippen molar-refractivity contribution in [3.63, 3.8) is 0 Å². The number of nitrogens with zero attached hydrogens (tertiary/aromatic N) is 3. The third-order valence-corrected chi connectivity index (χ3v) is 3.89. The van der Waals surface area contributed by atoms with Crippen LogP contribution in [0.25, 0.3) is 0 Å². The summed E-state index contributed by atoms with van der Waals surface area (Å²) in [6, 6.07) is 17.0. The largest absolute Gasteiger partial charge is 0.383 e. The van der Waals surface area contributed by atoms with Crippen LogP contribution < -0.4 is 5.73 Å². The monoisotopic (exact) mass is 378 g/mol. The molecule has 1 saturated heterocycles. The van der Waals surface area contributed by atoms with E-state index in [1.54, 1.807) is 0 Å².